The lowest BCUT2D eigenvalue weighted by molar-refractivity contribution is 0.625. The molecule has 0 unspecified atom stereocenters. The summed E-state index contributed by atoms with van der Waals surface area (Å²) in [4.78, 5) is 2.55. The molecule has 13 rings (SSSR count). The zero-order valence-electron chi connectivity index (χ0n) is 33.1. The Morgan fingerprint density at radius 1 is 0.414 bits per heavy atom. The van der Waals surface area contributed by atoms with Crippen LogP contribution in [-0.4, -0.2) is 15.8 Å². The highest BCUT2D eigenvalue weighted by Gasteiger charge is 2.49. The molecule has 10 aromatic rings. The summed E-state index contributed by atoms with van der Waals surface area (Å²) in [5.74, 6) is 0. The summed E-state index contributed by atoms with van der Waals surface area (Å²) < 4.78 is 5.04. The van der Waals surface area contributed by atoms with Crippen molar-refractivity contribution < 1.29 is 0 Å². The molecule has 0 bridgehead atoms. The molecular weight excluding hydrogens is 701 g/mol. The Balaban J connectivity index is 1.22. The molecule has 4 heteroatoms. The van der Waals surface area contributed by atoms with Gasteiger partial charge in [-0.25, -0.2) is 0 Å². The minimum absolute atomic E-state index is 0.0307. The van der Waals surface area contributed by atoms with Gasteiger partial charge in [0, 0.05) is 55.1 Å². The normalized spacial score (nSPS) is 15.4. The van der Waals surface area contributed by atoms with Crippen molar-refractivity contribution in [2.45, 2.75) is 38.5 Å². The monoisotopic (exact) mass is 741 g/mol. The van der Waals surface area contributed by atoms with E-state index in [1.54, 1.807) is 0 Å². The van der Waals surface area contributed by atoms with E-state index in [0.717, 1.165) is 0 Å². The molecule has 3 nitrogen and oxygen atoms in total. The average Bonchev–Trinajstić information content (AvgIpc) is 3.77. The van der Waals surface area contributed by atoms with Gasteiger partial charge in [-0.15, -0.1) is 0 Å². The van der Waals surface area contributed by atoms with Crippen molar-refractivity contribution in [3.63, 3.8) is 0 Å². The third-order valence-corrected chi connectivity index (χ3v) is 14.1. The highest BCUT2D eigenvalue weighted by atomic mass is 15.2. The van der Waals surface area contributed by atoms with E-state index in [9.17, 15) is 0 Å². The molecule has 0 atom stereocenters. The van der Waals surface area contributed by atoms with Crippen molar-refractivity contribution in [3.8, 4) is 11.4 Å². The highest BCUT2D eigenvalue weighted by Crippen LogP contribution is 2.52. The number of hydrogen-bond acceptors (Lipinski definition) is 1. The van der Waals surface area contributed by atoms with Crippen molar-refractivity contribution in [2.75, 3.05) is 4.90 Å². The van der Waals surface area contributed by atoms with Gasteiger partial charge in [0.25, 0.3) is 0 Å². The van der Waals surface area contributed by atoms with E-state index in [4.69, 9.17) is 0 Å². The van der Waals surface area contributed by atoms with Crippen molar-refractivity contribution in [3.05, 3.63) is 192 Å². The second kappa shape index (κ2) is 11.0. The number of fused-ring (bicyclic) bond motifs is 13. The number of benzene rings is 8. The predicted octanol–water partition coefficient (Wildman–Crippen LogP) is 11.5. The molecule has 0 fully saturated rings. The Labute approximate surface area is 338 Å². The number of hydrogen-bond donors (Lipinski definition) is 0. The molecule has 8 aromatic carbocycles. The molecule has 274 valence electrons. The molecule has 3 aliphatic rings. The maximum absolute atomic E-state index is 2.65. The van der Waals surface area contributed by atoms with Crippen LogP contribution in [0.2, 0.25) is 0 Å². The van der Waals surface area contributed by atoms with E-state index in [0.29, 0.717) is 0 Å². The Morgan fingerprint density at radius 3 is 1.81 bits per heavy atom. The lowest BCUT2D eigenvalue weighted by Crippen LogP contribution is -2.64. The number of aromatic nitrogens is 2. The van der Waals surface area contributed by atoms with Crippen LogP contribution in [0.4, 0.5) is 17.1 Å². The largest absolute Gasteiger partial charge is 0.311 e. The molecule has 2 aromatic heterocycles. The lowest BCUT2D eigenvalue weighted by Gasteiger charge is -2.46. The fourth-order valence-corrected chi connectivity index (χ4v) is 11.7. The molecule has 3 aliphatic heterocycles. The smallest absolute Gasteiger partial charge is 0.247 e. The maximum atomic E-state index is 2.65. The van der Waals surface area contributed by atoms with Gasteiger partial charge in [-0.3, -0.25) is 0 Å². The molecular formula is C54H40BN3. The van der Waals surface area contributed by atoms with Gasteiger partial charge in [-0.2, -0.15) is 0 Å². The number of para-hydroxylation sites is 5. The van der Waals surface area contributed by atoms with Gasteiger partial charge in [0.05, 0.1) is 27.8 Å². The molecule has 58 heavy (non-hydrogen) atoms. The molecule has 0 amide bonds. The van der Waals surface area contributed by atoms with Crippen molar-refractivity contribution in [1.29, 1.82) is 0 Å². The quantitative estimate of drug-likeness (QED) is 0.161. The van der Waals surface area contributed by atoms with Crippen LogP contribution < -0.4 is 21.3 Å². The van der Waals surface area contributed by atoms with Gasteiger partial charge >= 0.3 is 0 Å². The van der Waals surface area contributed by atoms with E-state index in [1.807, 2.05) is 0 Å². The average molecular weight is 742 g/mol. The minimum atomic E-state index is -0.279. The Hall–Kier alpha value is -6.78. The standard InChI is InChI=1S/C54H40BN3/c1-53(2)38-24-13-16-28-45(38)58-44-27-15-12-23-36(44)49-50-42(31-40(53)52(49)58)55-41-30-37-35-22-11-14-26-43(35)56(33-18-7-5-8-19-33)47(37)32-48(41)57(34-20-9-6-10-21-34)46-29-17-25-39(51(46)55)54(50,3)4/h5-32H,1-4H3. The summed E-state index contributed by atoms with van der Waals surface area (Å²) in [6.07, 6.45) is 0. The maximum Gasteiger partial charge on any atom is 0.247 e. The zero-order valence-corrected chi connectivity index (χ0v) is 33.1. The van der Waals surface area contributed by atoms with Gasteiger partial charge in [-0.05, 0) is 87.8 Å². The molecule has 0 saturated heterocycles. The predicted molar refractivity (Wildman–Crippen MR) is 245 cm³/mol. The summed E-state index contributed by atoms with van der Waals surface area (Å²) in [5, 5.41) is 5.30. The molecule has 0 spiro atoms. The van der Waals surface area contributed by atoms with Gasteiger partial charge in [0.1, 0.15) is 0 Å². The van der Waals surface area contributed by atoms with Crippen LogP contribution in [0.25, 0.3) is 55.0 Å². The fourth-order valence-electron chi connectivity index (χ4n) is 11.7. The third kappa shape index (κ3) is 3.86. The molecule has 0 radical (unpaired) electrons. The molecule has 0 saturated carbocycles. The van der Waals surface area contributed by atoms with Gasteiger partial charge in [-0.1, -0.05) is 148 Å². The minimum Gasteiger partial charge on any atom is -0.311 e. The van der Waals surface area contributed by atoms with Crippen LogP contribution in [-0.2, 0) is 10.8 Å². The molecule has 0 N–H and O–H groups in total. The molecule has 0 aliphatic carbocycles. The van der Waals surface area contributed by atoms with Crippen LogP contribution in [0.15, 0.2) is 170 Å². The van der Waals surface area contributed by atoms with Gasteiger partial charge < -0.3 is 14.0 Å². The van der Waals surface area contributed by atoms with Crippen LogP contribution >= 0.6 is 0 Å². The number of nitrogens with zero attached hydrogens (tertiary/aromatic N) is 3. The van der Waals surface area contributed by atoms with E-state index in [-0.39, 0.29) is 17.5 Å². The van der Waals surface area contributed by atoms with Crippen LogP contribution in [0.3, 0.4) is 0 Å². The summed E-state index contributed by atoms with van der Waals surface area (Å²) in [6, 6.07) is 63.8. The Bertz CT molecular complexity index is 3400. The Kier molecular flexibility index (Phi) is 6.13. The van der Waals surface area contributed by atoms with Gasteiger partial charge in [0.15, 0.2) is 0 Å². The lowest BCUT2D eigenvalue weighted by atomic mass is 9.29. The topological polar surface area (TPSA) is 13.1 Å². The van der Waals surface area contributed by atoms with E-state index in [2.05, 4.69) is 212 Å². The first-order chi connectivity index (χ1) is 28.3. The van der Waals surface area contributed by atoms with Gasteiger partial charge in [0.2, 0.25) is 6.71 Å². The number of anilines is 3. The van der Waals surface area contributed by atoms with Crippen molar-refractivity contribution >= 4 is 83.8 Å². The second-order valence-electron chi connectivity index (χ2n) is 17.7. The van der Waals surface area contributed by atoms with E-state index >= 15 is 0 Å². The molecule has 5 heterocycles. The first kappa shape index (κ1) is 32.3. The van der Waals surface area contributed by atoms with Crippen LogP contribution in [0.5, 0.6) is 0 Å². The zero-order chi connectivity index (χ0) is 38.7. The summed E-state index contributed by atoms with van der Waals surface area (Å²) in [7, 11) is 0. The van der Waals surface area contributed by atoms with Crippen molar-refractivity contribution in [1.82, 2.24) is 9.13 Å². The Morgan fingerprint density at radius 2 is 1.03 bits per heavy atom. The summed E-state index contributed by atoms with van der Waals surface area (Å²) >= 11 is 0. The highest BCUT2D eigenvalue weighted by molar-refractivity contribution is 6.99. The van der Waals surface area contributed by atoms with Crippen LogP contribution in [0, 0.1) is 0 Å². The van der Waals surface area contributed by atoms with Crippen LogP contribution in [0.1, 0.15) is 49.9 Å². The third-order valence-electron chi connectivity index (χ3n) is 14.1. The first-order valence-corrected chi connectivity index (χ1v) is 20.7. The summed E-state index contributed by atoms with van der Waals surface area (Å²) in [6.45, 7) is 9.87. The SMILES string of the molecule is CC1(C)c2cccc3c2B(c2cc4c5ccccc5n(-c5ccccc5)c4cc2N3c2ccccc2)c2cc3c4c(c21)c1ccccc1n4-c1ccccc1C3(C)C. The van der Waals surface area contributed by atoms with E-state index < -0.39 is 0 Å². The number of rotatable bonds is 2. The first-order valence-electron chi connectivity index (χ1n) is 20.7. The second-order valence-corrected chi connectivity index (χ2v) is 17.7. The fraction of sp³-hybridized carbons (Fsp3) is 0.111. The van der Waals surface area contributed by atoms with Crippen molar-refractivity contribution in [2.24, 2.45) is 0 Å². The summed E-state index contributed by atoms with van der Waals surface area (Å²) in [5.41, 5.74) is 20.6. The van der Waals surface area contributed by atoms with E-state index in [1.165, 1.54) is 111 Å².